The van der Waals surface area contributed by atoms with Crippen LogP contribution in [0, 0.1) is 5.92 Å². The number of hydrogen-bond donors (Lipinski definition) is 1. The van der Waals surface area contributed by atoms with Gasteiger partial charge in [-0.3, -0.25) is 9.78 Å². The Morgan fingerprint density at radius 3 is 2.48 bits per heavy atom. The summed E-state index contributed by atoms with van der Waals surface area (Å²) >= 11 is 0. The van der Waals surface area contributed by atoms with Crippen molar-refractivity contribution in [3.05, 3.63) is 24.5 Å². The zero-order chi connectivity index (χ0) is 16.8. The van der Waals surface area contributed by atoms with Crippen LogP contribution < -0.4 is 5.32 Å². The molecule has 0 spiro atoms. The molecule has 2 heterocycles. The quantitative estimate of drug-likeness (QED) is 0.928. The molecule has 1 fully saturated rings. The van der Waals surface area contributed by atoms with Crippen molar-refractivity contribution in [1.29, 1.82) is 0 Å². The average molecular weight is 318 g/mol. The van der Waals surface area contributed by atoms with Crippen LogP contribution in [0.15, 0.2) is 24.5 Å². The van der Waals surface area contributed by atoms with Crippen molar-refractivity contribution in [2.45, 2.75) is 39.2 Å². The zero-order valence-electron chi connectivity index (χ0n) is 14.2. The molecule has 0 aliphatic carbocycles. The number of carbonyl (C=O) groups is 2. The molecule has 1 saturated heterocycles. The van der Waals surface area contributed by atoms with Crippen LogP contribution in [0.25, 0.3) is 0 Å². The van der Waals surface area contributed by atoms with Gasteiger partial charge in [0.2, 0.25) is 5.91 Å². The number of hydrogen-bond acceptors (Lipinski definition) is 3. The molecule has 0 aromatic carbocycles. The molecule has 0 radical (unpaired) electrons. The second kappa shape index (κ2) is 7.94. The van der Waals surface area contributed by atoms with Gasteiger partial charge in [-0.25, -0.2) is 4.79 Å². The van der Waals surface area contributed by atoms with Crippen LogP contribution in [0.5, 0.6) is 0 Å². The first-order valence-corrected chi connectivity index (χ1v) is 8.19. The molecule has 0 saturated carbocycles. The number of piperidine rings is 1. The molecule has 6 nitrogen and oxygen atoms in total. The van der Waals surface area contributed by atoms with Gasteiger partial charge in [0.05, 0.1) is 0 Å². The number of carbonyl (C=O) groups excluding carboxylic acids is 2. The van der Waals surface area contributed by atoms with E-state index in [0.29, 0.717) is 25.4 Å². The van der Waals surface area contributed by atoms with Crippen LogP contribution in [0.4, 0.5) is 10.5 Å². The first kappa shape index (κ1) is 17.2. The summed E-state index contributed by atoms with van der Waals surface area (Å²) in [7, 11) is 1.85. The maximum absolute atomic E-state index is 12.2. The van der Waals surface area contributed by atoms with Gasteiger partial charge in [-0.1, -0.05) is 0 Å². The number of likely N-dealkylation sites (tertiary alicyclic amines) is 1. The van der Waals surface area contributed by atoms with E-state index in [1.807, 2.05) is 25.8 Å². The molecule has 6 heteroatoms. The number of anilines is 1. The highest BCUT2D eigenvalue weighted by Gasteiger charge is 2.25. The summed E-state index contributed by atoms with van der Waals surface area (Å²) in [4.78, 5) is 31.9. The van der Waals surface area contributed by atoms with Gasteiger partial charge in [-0.2, -0.15) is 0 Å². The number of urea groups is 1. The van der Waals surface area contributed by atoms with Crippen molar-refractivity contribution in [3.8, 4) is 0 Å². The van der Waals surface area contributed by atoms with Crippen LogP contribution in [-0.4, -0.2) is 52.9 Å². The topological polar surface area (TPSA) is 65.5 Å². The highest BCUT2D eigenvalue weighted by atomic mass is 16.2. The van der Waals surface area contributed by atoms with Gasteiger partial charge in [-0.05, 0) is 44.7 Å². The molecule has 126 valence electrons. The van der Waals surface area contributed by atoms with E-state index in [1.165, 1.54) is 0 Å². The monoisotopic (exact) mass is 318 g/mol. The second-order valence-corrected chi connectivity index (χ2v) is 6.40. The molecule has 23 heavy (non-hydrogen) atoms. The lowest BCUT2D eigenvalue weighted by Gasteiger charge is -2.33. The van der Waals surface area contributed by atoms with Gasteiger partial charge < -0.3 is 15.1 Å². The molecule has 1 N–H and O–H groups in total. The SMILES string of the molecule is CC(C)N(C)C(=O)CC1CCN(C(=O)Nc2ccncc2)CC1. The predicted octanol–water partition coefficient (Wildman–Crippen LogP) is 2.58. The Morgan fingerprint density at radius 2 is 1.91 bits per heavy atom. The summed E-state index contributed by atoms with van der Waals surface area (Å²) in [6, 6.07) is 3.69. The fraction of sp³-hybridized carbons (Fsp3) is 0.588. The van der Waals surface area contributed by atoms with E-state index in [9.17, 15) is 9.59 Å². The summed E-state index contributed by atoms with van der Waals surface area (Å²) in [5.74, 6) is 0.563. The fourth-order valence-electron chi connectivity index (χ4n) is 2.66. The van der Waals surface area contributed by atoms with Gasteiger partial charge in [0, 0.05) is 50.7 Å². The third-order valence-corrected chi connectivity index (χ3v) is 4.46. The van der Waals surface area contributed by atoms with Crippen LogP contribution in [0.2, 0.25) is 0 Å². The fourth-order valence-corrected chi connectivity index (χ4v) is 2.66. The van der Waals surface area contributed by atoms with Gasteiger partial charge in [0.1, 0.15) is 0 Å². The number of nitrogens with one attached hydrogen (secondary N) is 1. The minimum absolute atomic E-state index is 0.0831. The average Bonchev–Trinajstić information content (AvgIpc) is 2.55. The Hall–Kier alpha value is -2.11. The van der Waals surface area contributed by atoms with Gasteiger partial charge >= 0.3 is 6.03 Å². The first-order chi connectivity index (χ1) is 11.0. The van der Waals surface area contributed by atoms with Crippen molar-refractivity contribution < 1.29 is 9.59 Å². The maximum atomic E-state index is 12.2. The largest absolute Gasteiger partial charge is 0.343 e. The summed E-state index contributed by atoms with van der Waals surface area (Å²) in [5, 5.41) is 2.87. The van der Waals surface area contributed by atoms with Crippen molar-refractivity contribution in [3.63, 3.8) is 0 Å². The molecular formula is C17H26N4O2. The van der Waals surface area contributed by atoms with E-state index in [0.717, 1.165) is 18.5 Å². The molecule has 0 atom stereocenters. The number of nitrogens with zero attached hydrogens (tertiary/aromatic N) is 3. The molecule has 1 aromatic heterocycles. The second-order valence-electron chi connectivity index (χ2n) is 6.40. The summed E-state index contributed by atoms with van der Waals surface area (Å²) in [5.41, 5.74) is 0.751. The third-order valence-electron chi connectivity index (χ3n) is 4.46. The Balaban J connectivity index is 1.77. The molecular weight excluding hydrogens is 292 g/mol. The molecule has 0 bridgehead atoms. The van der Waals surface area contributed by atoms with Crippen LogP contribution in [0.3, 0.4) is 0 Å². The zero-order valence-corrected chi connectivity index (χ0v) is 14.2. The van der Waals surface area contributed by atoms with Crippen LogP contribution in [-0.2, 0) is 4.79 Å². The number of amides is 3. The van der Waals surface area contributed by atoms with Crippen LogP contribution >= 0.6 is 0 Å². The van der Waals surface area contributed by atoms with E-state index < -0.39 is 0 Å². The van der Waals surface area contributed by atoms with Crippen molar-refractivity contribution in [2.24, 2.45) is 5.92 Å². The van der Waals surface area contributed by atoms with Crippen molar-refractivity contribution in [1.82, 2.24) is 14.8 Å². The highest BCUT2D eigenvalue weighted by molar-refractivity contribution is 5.89. The molecule has 1 aliphatic heterocycles. The summed E-state index contributed by atoms with van der Waals surface area (Å²) in [6.07, 6.45) is 5.63. The lowest BCUT2D eigenvalue weighted by molar-refractivity contribution is -0.132. The van der Waals surface area contributed by atoms with Crippen LogP contribution in [0.1, 0.15) is 33.1 Å². The molecule has 1 aromatic rings. The predicted molar refractivity (Wildman–Crippen MR) is 90.1 cm³/mol. The Bertz CT molecular complexity index is 525. The Labute approximate surface area is 137 Å². The lowest BCUT2D eigenvalue weighted by atomic mass is 9.93. The highest BCUT2D eigenvalue weighted by Crippen LogP contribution is 2.22. The Kier molecular flexibility index (Phi) is 5.96. The lowest BCUT2D eigenvalue weighted by Crippen LogP contribution is -2.42. The van der Waals surface area contributed by atoms with Gasteiger partial charge in [-0.15, -0.1) is 0 Å². The van der Waals surface area contributed by atoms with Crippen molar-refractivity contribution in [2.75, 3.05) is 25.5 Å². The molecule has 3 amide bonds. The van der Waals surface area contributed by atoms with Gasteiger partial charge in [0.15, 0.2) is 0 Å². The van der Waals surface area contributed by atoms with E-state index in [4.69, 9.17) is 0 Å². The van der Waals surface area contributed by atoms with E-state index in [2.05, 4.69) is 10.3 Å². The Morgan fingerprint density at radius 1 is 1.30 bits per heavy atom. The first-order valence-electron chi connectivity index (χ1n) is 8.19. The maximum Gasteiger partial charge on any atom is 0.321 e. The third kappa shape index (κ3) is 4.94. The summed E-state index contributed by atoms with van der Waals surface area (Å²) in [6.45, 7) is 5.42. The summed E-state index contributed by atoms with van der Waals surface area (Å²) < 4.78 is 0. The number of aromatic nitrogens is 1. The molecule has 0 unspecified atom stereocenters. The normalized spacial score (nSPS) is 15.6. The minimum Gasteiger partial charge on any atom is -0.343 e. The van der Waals surface area contributed by atoms with Crippen molar-refractivity contribution >= 4 is 17.6 Å². The van der Waals surface area contributed by atoms with E-state index in [-0.39, 0.29) is 18.0 Å². The molecule has 2 rings (SSSR count). The van der Waals surface area contributed by atoms with Gasteiger partial charge in [0.25, 0.3) is 0 Å². The molecule has 1 aliphatic rings. The minimum atomic E-state index is -0.0831. The standard InChI is InChI=1S/C17H26N4O2/c1-13(2)20(3)16(22)12-14-6-10-21(11-7-14)17(23)19-15-4-8-18-9-5-15/h4-5,8-9,13-14H,6-7,10-12H2,1-3H3,(H,18,19,23). The van der Waals surface area contributed by atoms with E-state index >= 15 is 0 Å². The van der Waals surface area contributed by atoms with E-state index in [1.54, 1.807) is 29.4 Å². The number of rotatable bonds is 4. The number of pyridine rings is 1. The smallest absolute Gasteiger partial charge is 0.321 e.